The average molecular weight is 348 g/mol. The molecule has 0 saturated carbocycles. The Bertz CT molecular complexity index is 947. The molecule has 0 aliphatic rings. The van der Waals surface area contributed by atoms with Gasteiger partial charge < -0.3 is 11.1 Å². The molecule has 1 heterocycles. The van der Waals surface area contributed by atoms with Crippen LogP contribution >= 0.6 is 0 Å². The van der Waals surface area contributed by atoms with Crippen LogP contribution in [0.15, 0.2) is 60.8 Å². The van der Waals surface area contributed by atoms with Gasteiger partial charge in [-0.05, 0) is 37.1 Å². The molecular formula is C20H20N4O2. The summed E-state index contributed by atoms with van der Waals surface area (Å²) < 4.78 is 1.70. The number of primary amides is 1. The number of nitrogens with zero attached hydrogens (tertiary/aromatic N) is 2. The smallest absolute Gasteiger partial charge is 0.255 e. The number of aryl methyl sites for hydroxylation is 1. The first kappa shape index (κ1) is 17.4. The fourth-order valence-electron chi connectivity index (χ4n) is 2.83. The predicted molar refractivity (Wildman–Crippen MR) is 98.9 cm³/mol. The van der Waals surface area contributed by atoms with Crippen LogP contribution in [0, 0.1) is 13.8 Å². The molecule has 26 heavy (non-hydrogen) atoms. The highest BCUT2D eigenvalue weighted by molar-refractivity contribution is 5.98. The number of rotatable bonds is 5. The Balaban J connectivity index is 1.87. The summed E-state index contributed by atoms with van der Waals surface area (Å²) in [6.07, 6.45) is 1.50. The fourth-order valence-corrected chi connectivity index (χ4v) is 2.83. The molecular weight excluding hydrogens is 328 g/mol. The van der Waals surface area contributed by atoms with Gasteiger partial charge in [-0.1, -0.05) is 42.5 Å². The predicted octanol–water partition coefficient (Wildman–Crippen LogP) is 2.45. The minimum absolute atomic E-state index is 0.394. The van der Waals surface area contributed by atoms with E-state index in [1.54, 1.807) is 28.9 Å². The molecule has 6 heteroatoms. The van der Waals surface area contributed by atoms with Gasteiger partial charge in [-0.3, -0.25) is 9.59 Å². The van der Waals surface area contributed by atoms with E-state index in [4.69, 9.17) is 5.73 Å². The van der Waals surface area contributed by atoms with Crippen molar-refractivity contribution in [2.24, 2.45) is 5.73 Å². The number of hydrogen-bond acceptors (Lipinski definition) is 3. The summed E-state index contributed by atoms with van der Waals surface area (Å²) in [5.74, 6) is -1.01. The van der Waals surface area contributed by atoms with Crippen molar-refractivity contribution >= 4 is 11.8 Å². The highest BCUT2D eigenvalue weighted by Crippen LogP contribution is 2.17. The molecule has 0 aliphatic heterocycles. The van der Waals surface area contributed by atoms with Crippen LogP contribution in [0.25, 0.3) is 5.69 Å². The molecule has 0 spiro atoms. The van der Waals surface area contributed by atoms with Gasteiger partial charge in [0.05, 0.1) is 23.1 Å². The maximum Gasteiger partial charge on any atom is 0.255 e. The Morgan fingerprint density at radius 3 is 2.46 bits per heavy atom. The number of carbonyl (C=O) groups excluding carboxylic acids is 2. The first-order valence-corrected chi connectivity index (χ1v) is 8.24. The third kappa shape index (κ3) is 3.49. The summed E-state index contributed by atoms with van der Waals surface area (Å²) in [5, 5.41) is 7.01. The molecule has 132 valence electrons. The monoisotopic (exact) mass is 348 g/mol. The van der Waals surface area contributed by atoms with Gasteiger partial charge in [-0.25, -0.2) is 4.68 Å². The maximum atomic E-state index is 12.7. The number of hydrogen-bond donors (Lipinski definition) is 2. The highest BCUT2D eigenvalue weighted by atomic mass is 16.2. The molecule has 2 amide bonds. The summed E-state index contributed by atoms with van der Waals surface area (Å²) in [6.45, 7) is 3.80. The summed E-state index contributed by atoms with van der Waals surface area (Å²) >= 11 is 0. The van der Waals surface area contributed by atoms with Crippen LogP contribution in [0.2, 0.25) is 0 Å². The molecule has 2 aromatic carbocycles. The maximum absolute atomic E-state index is 12.7. The highest BCUT2D eigenvalue weighted by Gasteiger charge is 2.23. The second-order valence-corrected chi connectivity index (χ2v) is 6.11. The van der Waals surface area contributed by atoms with E-state index in [-0.39, 0.29) is 0 Å². The zero-order chi connectivity index (χ0) is 18.7. The van der Waals surface area contributed by atoms with Gasteiger partial charge >= 0.3 is 0 Å². The zero-order valence-corrected chi connectivity index (χ0v) is 14.6. The van der Waals surface area contributed by atoms with Crippen LogP contribution in [-0.4, -0.2) is 21.6 Å². The Morgan fingerprint density at radius 2 is 1.81 bits per heavy atom. The Morgan fingerprint density at radius 1 is 1.08 bits per heavy atom. The Kier molecular flexibility index (Phi) is 4.84. The molecule has 3 N–H and O–H groups in total. The lowest BCUT2D eigenvalue weighted by Gasteiger charge is -2.15. The third-order valence-electron chi connectivity index (χ3n) is 4.19. The van der Waals surface area contributed by atoms with Crippen molar-refractivity contribution < 1.29 is 9.59 Å². The number of amides is 2. The lowest BCUT2D eigenvalue weighted by Crippen LogP contribution is -2.37. The number of aromatic nitrogens is 2. The summed E-state index contributed by atoms with van der Waals surface area (Å²) in [5.41, 5.74) is 9.16. The summed E-state index contributed by atoms with van der Waals surface area (Å²) in [6, 6.07) is 15.8. The molecule has 0 aliphatic carbocycles. The van der Waals surface area contributed by atoms with Gasteiger partial charge in [0.2, 0.25) is 5.91 Å². The van der Waals surface area contributed by atoms with Gasteiger partial charge in [0, 0.05) is 0 Å². The first-order valence-electron chi connectivity index (χ1n) is 8.24. The second kappa shape index (κ2) is 7.23. The quantitative estimate of drug-likeness (QED) is 0.742. The standard InChI is InChI=1S/C20H20N4O2/c1-13-7-6-10-16(11-13)24-14(2)17(12-22-24)20(26)23-18(19(21)25)15-8-4-3-5-9-15/h3-12,18H,1-2H3,(H2,21,25)(H,23,26). The molecule has 1 atom stereocenters. The van der Waals surface area contributed by atoms with E-state index < -0.39 is 17.9 Å². The molecule has 3 aromatic rings. The van der Waals surface area contributed by atoms with Crippen LogP contribution in [0.1, 0.15) is 33.2 Å². The molecule has 3 rings (SSSR count). The number of nitrogens with two attached hydrogens (primary N) is 1. The van der Waals surface area contributed by atoms with Gasteiger partial charge in [-0.15, -0.1) is 0 Å². The Labute approximate surface area is 151 Å². The van der Waals surface area contributed by atoms with Gasteiger partial charge in [0.25, 0.3) is 5.91 Å². The fraction of sp³-hybridized carbons (Fsp3) is 0.150. The van der Waals surface area contributed by atoms with Crippen LogP contribution in [0.5, 0.6) is 0 Å². The molecule has 0 radical (unpaired) electrons. The van der Waals surface area contributed by atoms with Crippen LogP contribution in [0.4, 0.5) is 0 Å². The number of carbonyl (C=O) groups is 2. The van der Waals surface area contributed by atoms with E-state index in [9.17, 15) is 9.59 Å². The zero-order valence-electron chi connectivity index (χ0n) is 14.6. The number of nitrogens with one attached hydrogen (secondary N) is 1. The van der Waals surface area contributed by atoms with E-state index in [1.807, 2.05) is 44.2 Å². The van der Waals surface area contributed by atoms with E-state index >= 15 is 0 Å². The van der Waals surface area contributed by atoms with Crippen molar-refractivity contribution in [3.63, 3.8) is 0 Å². The lowest BCUT2D eigenvalue weighted by atomic mass is 10.1. The third-order valence-corrected chi connectivity index (χ3v) is 4.19. The molecule has 0 fully saturated rings. The van der Waals surface area contributed by atoms with Gasteiger partial charge in [0.15, 0.2) is 0 Å². The van der Waals surface area contributed by atoms with Crippen LogP contribution in [0.3, 0.4) is 0 Å². The largest absolute Gasteiger partial charge is 0.368 e. The van der Waals surface area contributed by atoms with Crippen molar-refractivity contribution in [2.45, 2.75) is 19.9 Å². The Hall–Kier alpha value is -3.41. The van der Waals surface area contributed by atoms with Crippen molar-refractivity contribution in [3.05, 3.63) is 83.2 Å². The van der Waals surface area contributed by atoms with Gasteiger partial charge in [0.1, 0.15) is 6.04 Å². The first-order chi connectivity index (χ1) is 12.5. The van der Waals surface area contributed by atoms with Crippen molar-refractivity contribution in [1.29, 1.82) is 0 Å². The topological polar surface area (TPSA) is 90.0 Å². The van der Waals surface area contributed by atoms with Crippen molar-refractivity contribution in [1.82, 2.24) is 15.1 Å². The lowest BCUT2D eigenvalue weighted by molar-refractivity contribution is -0.120. The minimum Gasteiger partial charge on any atom is -0.368 e. The molecule has 0 saturated heterocycles. The summed E-state index contributed by atoms with van der Waals surface area (Å²) in [7, 11) is 0. The van der Waals surface area contributed by atoms with Gasteiger partial charge in [-0.2, -0.15) is 5.10 Å². The van der Waals surface area contributed by atoms with E-state index in [2.05, 4.69) is 10.4 Å². The van der Waals surface area contributed by atoms with E-state index in [0.717, 1.165) is 11.3 Å². The van der Waals surface area contributed by atoms with Crippen molar-refractivity contribution in [3.8, 4) is 5.69 Å². The summed E-state index contributed by atoms with van der Waals surface area (Å²) in [4.78, 5) is 24.5. The minimum atomic E-state index is -0.898. The molecule has 6 nitrogen and oxygen atoms in total. The van der Waals surface area contributed by atoms with Crippen molar-refractivity contribution in [2.75, 3.05) is 0 Å². The SMILES string of the molecule is Cc1cccc(-n2ncc(C(=O)NC(C(N)=O)c3ccccc3)c2C)c1. The molecule has 0 bridgehead atoms. The molecule has 1 unspecified atom stereocenters. The molecule has 1 aromatic heterocycles. The second-order valence-electron chi connectivity index (χ2n) is 6.11. The van der Waals surface area contributed by atoms with E-state index in [0.29, 0.717) is 16.8 Å². The average Bonchev–Trinajstić information content (AvgIpc) is 3.01. The number of benzene rings is 2. The van der Waals surface area contributed by atoms with Crippen LogP contribution in [-0.2, 0) is 4.79 Å². The van der Waals surface area contributed by atoms with Crippen LogP contribution < -0.4 is 11.1 Å². The van der Waals surface area contributed by atoms with E-state index in [1.165, 1.54) is 6.20 Å². The normalized spacial score (nSPS) is 11.8.